The van der Waals surface area contributed by atoms with E-state index in [2.05, 4.69) is 9.99 Å². The monoisotopic (exact) mass is 208 g/mol. The molecule has 1 atom stereocenters. The largest absolute Gasteiger partial charge is 0.316 e. The Bertz CT molecular complexity index is 214. The molecule has 12 heavy (non-hydrogen) atoms. The minimum absolute atomic E-state index is 0.674. The second kappa shape index (κ2) is 3.70. The summed E-state index contributed by atoms with van der Waals surface area (Å²) >= 11 is 5.35. The van der Waals surface area contributed by atoms with Gasteiger partial charge in [-0.05, 0) is 11.8 Å². The Balaban J connectivity index is 2.08. The lowest BCUT2D eigenvalue weighted by Crippen LogP contribution is -2.33. The van der Waals surface area contributed by atoms with Crippen molar-refractivity contribution in [2.24, 2.45) is 0 Å². The van der Waals surface area contributed by atoms with Gasteiger partial charge in [0.1, 0.15) is 0 Å². The molecule has 0 aliphatic carbocycles. The highest BCUT2D eigenvalue weighted by atomic mass is 32.5. The normalized spacial score (nSPS) is 38.7. The van der Waals surface area contributed by atoms with Gasteiger partial charge in [0, 0.05) is 26.2 Å². The van der Waals surface area contributed by atoms with E-state index in [-0.39, 0.29) is 0 Å². The summed E-state index contributed by atoms with van der Waals surface area (Å²) in [5.41, 5.74) is 0. The van der Waals surface area contributed by atoms with Crippen LogP contribution in [0.4, 0.5) is 0 Å². The molecule has 1 N–H and O–H groups in total. The molecule has 0 aromatic rings. The van der Waals surface area contributed by atoms with Crippen LogP contribution in [-0.4, -0.2) is 44.1 Å². The third kappa shape index (κ3) is 1.71. The van der Waals surface area contributed by atoms with Gasteiger partial charge >= 0.3 is 0 Å². The molecule has 0 radical (unpaired) electrons. The van der Waals surface area contributed by atoms with Crippen LogP contribution in [0, 0.1) is 0 Å². The quantitative estimate of drug-likeness (QED) is 0.574. The van der Waals surface area contributed by atoms with Crippen molar-refractivity contribution in [3.8, 4) is 0 Å². The molecular formula is C6H13N2O2PS. The van der Waals surface area contributed by atoms with Crippen LogP contribution in [0.3, 0.4) is 0 Å². The second-order valence-electron chi connectivity index (χ2n) is 2.84. The van der Waals surface area contributed by atoms with Crippen LogP contribution < -0.4 is 5.32 Å². The lowest BCUT2D eigenvalue weighted by atomic mass is 10.5. The molecule has 1 unspecified atom stereocenters. The fourth-order valence-electron chi connectivity index (χ4n) is 1.39. The third-order valence-electron chi connectivity index (χ3n) is 2.03. The maximum absolute atomic E-state index is 5.56. The standard InChI is InChI=1S/C6H13N2O2PS/c12-11-8(4-6-10-11)3-1-7-2-5-9-11/h7H,1-6H2. The van der Waals surface area contributed by atoms with Crippen LogP contribution in [0.5, 0.6) is 0 Å². The van der Waals surface area contributed by atoms with Gasteiger partial charge in [0.2, 0.25) is 0 Å². The summed E-state index contributed by atoms with van der Waals surface area (Å²) in [6, 6.07) is 0. The van der Waals surface area contributed by atoms with Crippen LogP contribution in [0.2, 0.25) is 0 Å². The van der Waals surface area contributed by atoms with Crippen LogP contribution in [0.25, 0.3) is 0 Å². The van der Waals surface area contributed by atoms with E-state index in [9.17, 15) is 0 Å². The number of nitrogens with zero attached hydrogens (tertiary/aromatic N) is 1. The van der Waals surface area contributed by atoms with E-state index in [1.54, 1.807) is 0 Å². The van der Waals surface area contributed by atoms with Gasteiger partial charge in [-0.25, -0.2) is 4.67 Å². The molecule has 0 amide bonds. The van der Waals surface area contributed by atoms with Crippen LogP contribution in [0.1, 0.15) is 0 Å². The highest BCUT2D eigenvalue weighted by molar-refractivity contribution is 8.08. The Morgan fingerprint density at radius 3 is 2.92 bits per heavy atom. The summed E-state index contributed by atoms with van der Waals surface area (Å²) in [5, 5.41) is 3.27. The first-order chi connectivity index (χ1) is 5.81. The van der Waals surface area contributed by atoms with E-state index in [1.807, 2.05) is 0 Å². The van der Waals surface area contributed by atoms with E-state index < -0.39 is 6.64 Å². The predicted molar refractivity (Wildman–Crippen MR) is 50.6 cm³/mol. The molecular weight excluding hydrogens is 195 g/mol. The third-order valence-corrected chi connectivity index (χ3v) is 5.47. The minimum Gasteiger partial charge on any atom is -0.316 e. The lowest BCUT2D eigenvalue weighted by Gasteiger charge is -2.27. The topological polar surface area (TPSA) is 33.7 Å². The summed E-state index contributed by atoms with van der Waals surface area (Å²) in [6.45, 7) is 3.15. The van der Waals surface area contributed by atoms with Gasteiger partial charge in [-0.3, -0.25) is 0 Å². The molecule has 2 saturated heterocycles. The first-order valence-electron chi connectivity index (χ1n) is 4.16. The van der Waals surface area contributed by atoms with E-state index in [1.165, 1.54) is 0 Å². The van der Waals surface area contributed by atoms with Crippen molar-refractivity contribution in [3.05, 3.63) is 0 Å². The molecule has 0 saturated carbocycles. The van der Waals surface area contributed by atoms with Gasteiger partial charge in [0.15, 0.2) is 0 Å². The van der Waals surface area contributed by atoms with E-state index >= 15 is 0 Å². The smallest absolute Gasteiger partial charge is 0.264 e. The van der Waals surface area contributed by atoms with Crippen molar-refractivity contribution >= 4 is 18.4 Å². The average Bonchev–Trinajstić information content (AvgIpc) is 2.34. The van der Waals surface area contributed by atoms with Gasteiger partial charge in [-0.2, -0.15) is 0 Å². The summed E-state index contributed by atoms with van der Waals surface area (Å²) in [4.78, 5) is 0. The Morgan fingerprint density at radius 1 is 1.17 bits per heavy atom. The molecule has 4 nitrogen and oxygen atoms in total. The first-order valence-corrected chi connectivity index (χ1v) is 6.76. The van der Waals surface area contributed by atoms with Gasteiger partial charge in [0.25, 0.3) is 6.64 Å². The molecule has 0 aromatic carbocycles. The molecule has 2 aliphatic heterocycles. The van der Waals surface area contributed by atoms with Crippen molar-refractivity contribution in [1.82, 2.24) is 9.99 Å². The molecule has 2 heterocycles. The van der Waals surface area contributed by atoms with E-state index in [0.717, 1.165) is 32.8 Å². The van der Waals surface area contributed by atoms with Crippen molar-refractivity contribution in [1.29, 1.82) is 0 Å². The number of hydrogen-bond donors (Lipinski definition) is 1. The molecule has 2 rings (SSSR count). The summed E-state index contributed by atoms with van der Waals surface area (Å²) in [5.74, 6) is 0. The SMILES string of the molecule is S=P12OCCNCCN1CCO2. The summed E-state index contributed by atoms with van der Waals surface area (Å²) < 4.78 is 13.2. The molecule has 70 valence electrons. The Labute approximate surface area is 77.4 Å². The fourth-order valence-corrected chi connectivity index (χ4v) is 4.03. The highest BCUT2D eigenvalue weighted by Gasteiger charge is 2.34. The van der Waals surface area contributed by atoms with Gasteiger partial charge < -0.3 is 14.4 Å². The minimum atomic E-state index is -2.02. The van der Waals surface area contributed by atoms with Crippen molar-refractivity contribution < 1.29 is 9.05 Å². The zero-order valence-electron chi connectivity index (χ0n) is 6.86. The van der Waals surface area contributed by atoms with Crippen molar-refractivity contribution in [2.75, 3.05) is 39.4 Å². The Hall–Kier alpha value is 0.490. The fraction of sp³-hybridized carbons (Fsp3) is 1.00. The molecule has 0 spiro atoms. The molecule has 2 fully saturated rings. The zero-order chi connectivity index (χ0) is 8.44. The van der Waals surface area contributed by atoms with Gasteiger partial charge in [-0.1, -0.05) is 0 Å². The maximum atomic E-state index is 5.56. The highest BCUT2D eigenvalue weighted by Crippen LogP contribution is 2.55. The van der Waals surface area contributed by atoms with Crippen LogP contribution in [-0.2, 0) is 20.9 Å². The molecule has 2 aliphatic rings. The van der Waals surface area contributed by atoms with Crippen LogP contribution >= 0.6 is 6.64 Å². The second-order valence-corrected chi connectivity index (χ2v) is 6.24. The van der Waals surface area contributed by atoms with Gasteiger partial charge in [0.05, 0.1) is 13.2 Å². The van der Waals surface area contributed by atoms with Gasteiger partial charge in [-0.15, -0.1) is 0 Å². The average molecular weight is 208 g/mol. The molecule has 6 heteroatoms. The van der Waals surface area contributed by atoms with E-state index in [4.69, 9.17) is 20.9 Å². The molecule has 0 bridgehead atoms. The lowest BCUT2D eigenvalue weighted by molar-refractivity contribution is 0.252. The Kier molecular flexibility index (Phi) is 2.79. The Morgan fingerprint density at radius 2 is 2.00 bits per heavy atom. The summed E-state index contributed by atoms with van der Waals surface area (Å²) in [6.07, 6.45) is 0. The first kappa shape index (κ1) is 9.06. The zero-order valence-corrected chi connectivity index (χ0v) is 8.57. The number of hydrogen-bond acceptors (Lipinski definition) is 4. The van der Waals surface area contributed by atoms with Crippen LogP contribution in [0.15, 0.2) is 0 Å². The predicted octanol–water partition coefficient (Wildman–Crippen LogP) is 0.163. The maximum Gasteiger partial charge on any atom is 0.264 e. The summed E-state index contributed by atoms with van der Waals surface area (Å²) in [7, 11) is 0. The van der Waals surface area contributed by atoms with Crippen molar-refractivity contribution in [3.63, 3.8) is 0 Å². The number of fused-ring (bicyclic) bond motifs is 1. The van der Waals surface area contributed by atoms with Crippen molar-refractivity contribution in [2.45, 2.75) is 0 Å². The molecule has 0 aromatic heterocycles. The van der Waals surface area contributed by atoms with E-state index in [0.29, 0.717) is 6.61 Å². The number of nitrogens with one attached hydrogen (secondary N) is 1. The number of rotatable bonds is 0.